The lowest BCUT2D eigenvalue weighted by Crippen LogP contribution is -2.50. The molecule has 0 aromatic carbocycles. The second kappa shape index (κ2) is 6.08. The Kier molecular flexibility index (Phi) is 4.87. The van der Waals surface area contributed by atoms with Crippen molar-refractivity contribution in [3.05, 3.63) is 0 Å². The maximum atomic E-state index is 12.4. The van der Waals surface area contributed by atoms with Crippen LogP contribution in [0, 0.1) is 5.41 Å². The molecular formula is C13H26N2O3S. The molecule has 1 aliphatic carbocycles. The van der Waals surface area contributed by atoms with Crippen LogP contribution in [-0.4, -0.2) is 43.6 Å². The molecule has 2 atom stereocenters. The normalized spacial score (nSPS) is 34.3. The minimum Gasteiger partial charge on any atom is -0.396 e. The van der Waals surface area contributed by atoms with Gasteiger partial charge >= 0.3 is 0 Å². The minimum absolute atomic E-state index is 0.0419. The standard InChI is InChI=1S/C13H26N2O3S/c1-13(11-16)8-6-7-12(13)14-19(17,18)15-9-4-2-3-5-10-15/h12,14,16H,2-11H2,1H3/t12-,13+/m0/s1. The summed E-state index contributed by atoms with van der Waals surface area (Å²) in [4.78, 5) is 0. The Labute approximate surface area is 116 Å². The van der Waals surface area contributed by atoms with Gasteiger partial charge in [0.1, 0.15) is 0 Å². The van der Waals surface area contributed by atoms with E-state index >= 15 is 0 Å². The van der Waals surface area contributed by atoms with Crippen molar-refractivity contribution in [1.82, 2.24) is 9.03 Å². The van der Waals surface area contributed by atoms with Gasteiger partial charge in [0, 0.05) is 31.2 Å². The van der Waals surface area contributed by atoms with Crippen LogP contribution in [0.4, 0.5) is 0 Å². The SMILES string of the molecule is C[C@]1(CO)CCC[C@@H]1NS(=O)(=O)N1CCCCCC1. The molecule has 1 saturated carbocycles. The Morgan fingerprint density at radius 1 is 1.21 bits per heavy atom. The highest BCUT2D eigenvalue weighted by Crippen LogP contribution is 2.37. The van der Waals surface area contributed by atoms with Crippen molar-refractivity contribution in [3.63, 3.8) is 0 Å². The van der Waals surface area contributed by atoms with Crippen molar-refractivity contribution < 1.29 is 13.5 Å². The van der Waals surface area contributed by atoms with E-state index in [0.29, 0.717) is 13.1 Å². The fourth-order valence-electron chi connectivity index (χ4n) is 3.16. The number of hydrogen-bond acceptors (Lipinski definition) is 3. The molecule has 2 aliphatic rings. The summed E-state index contributed by atoms with van der Waals surface area (Å²) in [7, 11) is -3.40. The molecule has 5 nitrogen and oxygen atoms in total. The predicted octanol–water partition coefficient (Wildman–Crippen LogP) is 1.25. The molecule has 0 radical (unpaired) electrons. The molecule has 0 aromatic rings. The first-order valence-corrected chi connectivity index (χ1v) is 8.80. The van der Waals surface area contributed by atoms with Crippen molar-refractivity contribution in [2.75, 3.05) is 19.7 Å². The fourth-order valence-corrected chi connectivity index (χ4v) is 4.81. The molecule has 2 fully saturated rings. The Bertz CT molecular complexity index is 391. The Hall–Kier alpha value is -0.170. The lowest BCUT2D eigenvalue weighted by molar-refractivity contribution is 0.126. The molecule has 0 spiro atoms. The topological polar surface area (TPSA) is 69.6 Å². The van der Waals surface area contributed by atoms with Gasteiger partial charge in [0.05, 0.1) is 0 Å². The third-order valence-electron chi connectivity index (χ3n) is 4.64. The summed E-state index contributed by atoms with van der Waals surface area (Å²) in [5.41, 5.74) is -0.307. The molecular weight excluding hydrogens is 264 g/mol. The summed E-state index contributed by atoms with van der Waals surface area (Å²) in [6, 6.07) is -0.134. The lowest BCUT2D eigenvalue weighted by Gasteiger charge is -2.32. The molecule has 6 heteroatoms. The fraction of sp³-hybridized carbons (Fsp3) is 1.00. The first-order chi connectivity index (χ1) is 8.98. The third kappa shape index (κ3) is 3.48. The van der Waals surface area contributed by atoms with Gasteiger partial charge in [-0.05, 0) is 25.7 Å². The van der Waals surface area contributed by atoms with Gasteiger partial charge in [-0.2, -0.15) is 17.4 Å². The second-order valence-corrected chi connectivity index (χ2v) is 7.90. The van der Waals surface area contributed by atoms with Crippen LogP contribution < -0.4 is 4.72 Å². The van der Waals surface area contributed by atoms with Gasteiger partial charge in [-0.25, -0.2) is 0 Å². The van der Waals surface area contributed by atoms with Crippen LogP contribution in [-0.2, 0) is 10.2 Å². The van der Waals surface area contributed by atoms with E-state index in [1.165, 1.54) is 0 Å². The minimum atomic E-state index is -3.40. The highest BCUT2D eigenvalue weighted by molar-refractivity contribution is 7.87. The number of nitrogens with zero attached hydrogens (tertiary/aromatic N) is 1. The van der Waals surface area contributed by atoms with Crippen LogP contribution in [0.15, 0.2) is 0 Å². The van der Waals surface area contributed by atoms with E-state index in [1.54, 1.807) is 4.31 Å². The molecule has 0 amide bonds. The van der Waals surface area contributed by atoms with Gasteiger partial charge in [-0.1, -0.05) is 26.2 Å². The van der Waals surface area contributed by atoms with Crippen LogP contribution in [0.2, 0.25) is 0 Å². The summed E-state index contributed by atoms with van der Waals surface area (Å²) < 4.78 is 29.3. The molecule has 2 rings (SSSR count). The zero-order chi connectivity index (χ0) is 13.9. The van der Waals surface area contributed by atoms with Crippen LogP contribution in [0.5, 0.6) is 0 Å². The van der Waals surface area contributed by atoms with E-state index in [1.807, 2.05) is 6.92 Å². The van der Waals surface area contributed by atoms with Gasteiger partial charge < -0.3 is 5.11 Å². The maximum Gasteiger partial charge on any atom is 0.279 e. The Morgan fingerprint density at radius 2 is 1.84 bits per heavy atom. The quantitative estimate of drug-likeness (QED) is 0.818. The first-order valence-electron chi connectivity index (χ1n) is 7.36. The van der Waals surface area contributed by atoms with Gasteiger partial charge in [-0.15, -0.1) is 0 Å². The van der Waals surface area contributed by atoms with Gasteiger partial charge in [0.25, 0.3) is 10.2 Å². The van der Waals surface area contributed by atoms with Crippen molar-refractivity contribution in [3.8, 4) is 0 Å². The van der Waals surface area contributed by atoms with Gasteiger partial charge in [0.15, 0.2) is 0 Å². The number of aliphatic hydroxyl groups is 1. The third-order valence-corrected chi connectivity index (χ3v) is 6.27. The van der Waals surface area contributed by atoms with Crippen molar-refractivity contribution in [1.29, 1.82) is 0 Å². The largest absolute Gasteiger partial charge is 0.396 e. The smallest absolute Gasteiger partial charge is 0.279 e. The highest BCUT2D eigenvalue weighted by Gasteiger charge is 2.41. The highest BCUT2D eigenvalue weighted by atomic mass is 32.2. The summed E-state index contributed by atoms with van der Waals surface area (Å²) in [6.07, 6.45) is 6.81. The average molecular weight is 290 g/mol. The average Bonchev–Trinajstić information content (AvgIpc) is 2.60. The van der Waals surface area contributed by atoms with Crippen molar-refractivity contribution >= 4 is 10.2 Å². The predicted molar refractivity (Wildman–Crippen MR) is 74.9 cm³/mol. The Morgan fingerprint density at radius 3 is 2.42 bits per heavy atom. The monoisotopic (exact) mass is 290 g/mol. The number of rotatable bonds is 4. The van der Waals surface area contributed by atoms with E-state index in [0.717, 1.165) is 44.9 Å². The molecule has 1 aliphatic heterocycles. The molecule has 19 heavy (non-hydrogen) atoms. The van der Waals surface area contributed by atoms with Crippen molar-refractivity contribution in [2.24, 2.45) is 5.41 Å². The summed E-state index contributed by atoms with van der Waals surface area (Å²) in [6.45, 7) is 3.26. The lowest BCUT2D eigenvalue weighted by atomic mass is 9.86. The molecule has 0 aromatic heterocycles. The molecule has 2 N–H and O–H groups in total. The summed E-state index contributed by atoms with van der Waals surface area (Å²) >= 11 is 0. The second-order valence-electron chi connectivity index (χ2n) is 6.19. The number of nitrogens with one attached hydrogen (secondary N) is 1. The van der Waals surface area contributed by atoms with E-state index in [2.05, 4.69) is 4.72 Å². The van der Waals surface area contributed by atoms with Crippen molar-refractivity contribution in [2.45, 2.75) is 57.9 Å². The van der Waals surface area contributed by atoms with Crippen LogP contribution in [0.3, 0.4) is 0 Å². The zero-order valence-electron chi connectivity index (χ0n) is 11.8. The van der Waals surface area contributed by atoms with Crippen LogP contribution in [0.1, 0.15) is 51.9 Å². The van der Waals surface area contributed by atoms with E-state index in [4.69, 9.17) is 0 Å². The molecule has 1 heterocycles. The Balaban J connectivity index is 2.04. The van der Waals surface area contributed by atoms with E-state index in [9.17, 15) is 13.5 Å². The van der Waals surface area contributed by atoms with Gasteiger partial charge in [0.2, 0.25) is 0 Å². The molecule has 112 valence electrons. The van der Waals surface area contributed by atoms with Gasteiger partial charge in [-0.3, -0.25) is 0 Å². The zero-order valence-corrected chi connectivity index (χ0v) is 12.6. The molecule has 0 bridgehead atoms. The maximum absolute atomic E-state index is 12.4. The van der Waals surface area contributed by atoms with Crippen LogP contribution in [0.25, 0.3) is 0 Å². The van der Waals surface area contributed by atoms with E-state index in [-0.39, 0.29) is 18.1 Å². The van der Waals surface area contributed by atoms with E-state index < -0.39 is 10.2 Å². The molecule has 0 unspecified atom stereocenters. The summed E-state index contributed by atoms with van der Waals surface area (Å²) in [5, 5.41) is 9.50. The molecule has 1 saturated heterocycles. The number of aliphatic hydroxyl groups excluding tert-OH is 1. The number of hydrogen-bond donors (Lipinski definition) is 2. The van der Waals surface area contributed by atoms with Crippen LogP contribution >= 0.6 is 0 Å². The summed E-state index contributed by atoms with van der Waals surface area (Å²) in [5.74, 6) is 0. The first kappa shape index (κ1) is 15.2.